The molecule has 6 heteroatoms. The van der Waals surface area contributed by atoms with Gasteiger partial charge in [-0.3, -0.25) is 4.79 Å². The Morgan fingerprint density at radius 3 is 2.23 bits per heavy atom. The lowest BCUT2D eigenvalue weighted by Gasteiger charge is -2.07. The summed E-state index contributed by atoms with van der Waals surface area (Å²) < 4.78 is 1.17. The molecule has 0 atom stereocenters. The standard InChI is InChI=1S/C7H5Cl2NO3/c8-4-1-10(3-6(11)12)2-5(9)7(4)13/h1-2H,3H2,(H,11,12)/p-1. The van der Waals surface area contributed by atoms with Crippen LogP contribution in [0, 0.1) is 0 Å². The van der Waals surface area contributed by atoms with Crippen LogP contribution in [-0.4, -0.2) is 10.5 Å². The monoisotopic (exact) mass is 220 g/mol. The van der Waals surface area contributed by atoms with Crippen LogP contribution in [-0.2, 0) is 11.3 Å². The summed E-state index contributed by atoms with van der Waals surface area (Å²) in [7, 11) is 0. The Hall–Kier alpha value is -1.00. The van der Waals surface area contributed by atoms with E-state index in [1.54, 1.807) is 0 Å². The highest BCUT2D eigenvalue weighted by molar-refractivity contribution is 6.34. The number of carbonyl (C=O) groups is 1. The smallest absolute Gasteiger partial charge is 0.218 e. The molecule has 0 aliphatic heterocycles. The van der Waals surface area contributed by atoms with Gasteiger partial charge >= 0.3 is 0 Å². The third-order valence-electron chi connectivity index (χ3n) is 1.30. The molecule has 1 heterocycles. The zero-order valence-corrected chi connectivity index (χ0v) is 7.80. The van der Waals surface area contributed by atoms with Gasteiger partial charge in [-0.1, -0.05) is 23.2 Å². The van der Waals surface area contributed by atoms with Gasteiger partial charge in [0.1, 0.15) is 10.0 Å². The molecule has 0 spiro atoms. The number of hydrogen-bond acceptors (Lipinski definition) is 3. The van der Waals surface area contributed by atoms with Crippen molar-refractivity contribution in [1.82, 2.24) is 4.57 Å². The Morgan fingerprint density at radius 1 is 1.38 bits per heavy atom. The fourth-order valence-corrected chi connectivity index (χ4v) is 1.30. The average molecular weight is 221 g/mol. The van der Waals surface area contributed by atoms with Crippen LogP contribution in [0.5, 0.6) is 0 Å². The molecule has 1 aromatic heterocycles. The second kappa shape index (κ2) is 3.81. The molecule has 0 aliphatic rings. The van der Waals surface area contributed by atoms with E-state index >= 15 is 0 Å². The SMILES string of the molecule is O=C([O-])Cn1cc(Cl)c(=O)c(Cl)c1. The van der Waals surface area contributed by atoms with Crippen molar-refractivity contribution in [3.05, 3.63) is 32.7 Å². The van der Waals surface area contributed by atoms with Gasteiger partial charge < -0.3 is 14.5 Å². The van der Waals surface area contributed by atoms with Crippen molar-refractivity contribution in [2.75, 3.05) is 0 Å². The summed E-state index contributed by atoms with van der Waals surface area (Å²) in [5, 5.41) is 9.95. The van der Waals surface area contributed by atoms with E-state index in [-0.39, 0.29) is 16.6 Å². The topological polar surface area (TPSA) is 62.1 Å². The zero-order chi connectivity index (χ0) is 10.0. The Kier molecular flexibility index (Phi) is 2.95. The molecule has 1 rings (SSSR count). The zero-order valence-electron chi connectivity index (χ0n) is 6.29. The summed E-state index contributed by atoms with van der Waals surface area (Å²) in [5.74, 6) is -1.28. The maximum atomic E-state index is 11.0. The van der Waals surface area contributed by atoms with Crippen LogP contribution in [0.2, 0.25) is 10.0 Å². The molecular weight excluding hydrogens is 217 g/mol. The number of carboxylic acid groups (broad SMARTS) is 1. The molecule has 0 unspecified atom stereocenters. The minimum Gasteiger partial charge on any atom is -0.548 e. The van der Waals surface area contributed by atoms with E-state index in [1.807, 2.05) is 0 Å². The fraction of sp³-hybridized carbons (Fsp3) is 0.143. The lowest BCUT2D eigenvalue weighted by atomic mass is 10.4. The van der Waals surface area contributed by atoms with Gasteiger partial charge in [0.15, 0.2) is 0 Å². The van der Waals surface area contributed by atoms with Crippen LogP contribution in [0.4, 0.5) is 0 Å². The van der Waals surface area contributed by atoms with Gasteiger partial charge in [-0.05, 0) is 0 Å². The Labute approximate surface area is 83.3 Å². The van der Waals surface area contributed by atoms with E-state index in [0.29, 0.717) is 0 Å². The van der Waals surface area contributed by atoms with Gasteiger partial charge in [0.2, 0.25) is 5.43 Å². The minimum absolute atomic E-state index is 0.117. The number of pyridine rings is 1. The molecule has 0 fully saturated rings. The van der Waals surface area contributed by atoms with E-state index in [9.17, 15) is 14.7 Å². The summed E-state index contributed by atoms with van der Waals surface area (Å²) in [6.07, 6.45) is 2.37. The van der Waals surface area contributed by atoms with Crippen molar-refractivity contribution >= 4 is 29.2 Å². The third-order valence-corrected chi connectivity index (χ3v) is 1.84. The molecule has 0 aromatic carbocycles. The summed E-state index contributed by atoms with van der Waals surface area (Å²) >= 11 is 10.9. The highest BCUT2D eigenvalue weighted by Gasteiger charge is 2.02. The van der Waals surface area contributed by atoms with E-state index in [4.69, 9.17) is 23.2 Å². The lowest BCUT2D eigenvalue weighted by Crippen LogP contribution is -2.27. The van der Waals surface area contributed by atoms with Gasteiger partial charge in [0.05, 0.1) is 12.5 Å². The van der Waals surface area contributed by atoms with E-state index in [0.717, 1.165) is 0 Å². The predicted molar refractivity (Wildman–Crippen MR) is 45.7 cm³/mol. The number of nitrogens with zero attached hydrogens (tertiary/aromatic N) is 1. The van der Waals surface area contributed by atoms with Crippen molar-refractivity contribution in [2.45, 2.75) is 6.54 Å². The maximum Gasteiger partial charge on any atom is 0.218 e. The van der Waals surface area contributed by atoms with Crippen molar-refractivity contribution < 1.29 is 9.90 Å². The molecule has 0 bridgehead atoms. The second-order valence-electron chi connectivity index (χ2n) is 2.33. The number of aliphatic carboxylic acids is 1. The number of hydrogen-bond donors (Lipinski definition) is 0. The summed E-state index contributed by atoms with van der Waals surface area (Å²) in [6, 6.07) is 0. The van der Waals surface area contributed by atoms with Gasteiger partial charge in [-0.2, -0.15) is 0 Å². The van der Waals surface area contributed by atoms with Gasteiger partial charge in [-0.15, -0.1) is 0 Å². The van der Waals surface area contributed by atoms with Crippen molar-refractivity contribution in [2.24, 2.45) is 0 Å². The molecule has 70 valence electrons. The van der Waals surface area contributed by atoms with E-state index in [2.05, 4.69) is 0 Å². The second-order valence-corrected chi connectivity index (χ2v) is 3.14. The summed E-state index contributed by atoms with van der Waals surface area (Å²) in [5.41, 5.74) is -0.516. The molecule has 0 saturated heterocycles. The first-order chi connectivity index (χ1) is 6.00. The van der Waals surface area contributed by atoms with E-state index in [1.165, 1.54) is 17.0 Å². The molecule has 1 aromatic rings. The molecule has 0 amide bonds. The number of rotatable bonds is 2. The van der Waals surface area contributed by atoms with Crippen LogP contribution in [0.3, 0.4) is 0 Å². The first kappa shape index (κ1) is 10.1. The van der Waals surface area contributed by atoms with Crippen molar-refractivity contribution in [1.29, 1.82) is 0 Å². The quantitative estimate of drug-likeness (QED) is 0.700. The van der Waals surface area contributed by atoms with Crippen molar-refractivity contribution in [3.8, 4) is 0 Å². The number of aromatic nitrogens is 1. The van der Waals surface area contributed by atoms with E-state index < -0.39 is 11.4 Å². The normalized spacial score (nSPS) is 10.0. The maximum absolute atomic E-state index is 11.0. The first-order valence-corrected chi connectivity index (χ1v) is 4.01. The van der Waals surface area contributed by atoms with Gasteiger partial charge in [0.25, 0.3) is 0 Å². The van der Waals surface area contributed by atoms with Crippen molar-refractivity contribution in [3.63, 3.8) is 0 Å². The molecule has 0 saturated carbocycles. The summed E-state index contributed by atoms with van der Waals surface area (Å²) in [6.45, 7) is -0.389. The Balaban J connectivity index is 3.13. The molecule has 0 aliphatic carbocycles. The number of carboxylic acids is 1. The lowest BCUT2D eigenvalue weighted by molar-refractivity contribution is -0.306. The molecular formula is C7H4Cl2NO3-. The van der Waals surface area contributed by atoms with Crippen LogP contribution >= 0.6 is 23.2 Å². The van der Waals surface area contributed by atoms with Gasteiger partial charge in [0, 0.05) is 12.4 Å². The largest absolute Gasteiger partial charge is 0.548 e. The third kappa shape index (κ3) is 2.47. The molecule has 0 N–H and O–H groups in total. The molecule has 13 heavy (non-hydrogen) atoms. The first-order valence-electron chi connectivity index (χ1n) is 3.25. The highest BCUT2D eigenvalue weighted by Crippen LogP contribution is 2.07. The van der Waals surface area contributed by atoms with Crippen LogP contribution in [0.25, 0.3) is 0 Å². The summed E-state index contributed by atoms with van der Waals surface area (Å²) in [4.78, 5) is 21.1. The van der Waals surface area contributed by atoms with Crippen LogP contribution in [0.1, 0.15) is 0 Å². The average Bonchev–Trinajstić information content (AvgIpc) is 1.98. The number of halogens is 2. The Bertz CT molecular complexity index is 373. The van der Waals surface area contributed by atoms with Crippen LogP contribution < -0.4 is 10.5 Å². The number of carbonyl (C=O) groups excluding carboxylic acids is 1. The van der Waals surface area contributed by atoms with Gasteiger partial charge in [-0.25, -0.2) is 0 Å². The predicted octanol–water partition coefficient (Wildman–Crippen LogP) is -0.0950. The highest BCUT2D eigenvalue weighted by atomic mass is 35.5. The fourth-order valence-electron chi connectivity index (χ4n) is 0.800. The minimum atomic E-state index is -1.28. The molecule has 4 nitrogen and oxygen atoms in total. The van der Waals surface area contributed by atoms with Crippen LogP contribution in [0.15, 0.2) is 17.2 Å². The molecule has 0 radical (unpaired) electrons. The Morgan fingerprint density at radius 2 is 1.85 bits per heavy atom.